The highest BCUT2D eigenvalue weighted by Crippen LogP contribution is 2.32. The van der Waals surface area contributed by atoms with Crippen molar-refractivity contribution in [3.8, 4) is 0 Å². The van der Waals surface area contributed by atoms with Gasteiger partial charge in [0, 0.05) is 25.7 Å². The molecule has 0 saturated heterocycles. The van der Waals surface area contributed by atoms with Crippen molar-refractivity contribution in [1.82, 2.24) is 0 Å². The predicted molar refractivity (Wildman–Crippen MR) is 70.3 cm³/mol. The van der Waals surface area contributed by atoms with Gasteiger partial charge in [0.25, 0.3) is 5.69 Å². The van der Waals surface area contributed by atoms with E-state index in [2.05, 4.69) is 15.9 Å². The Morgan fingerprint density at radius 2 is 2.22 bits per heavy atom. The maximum atomic E-state index is 13.4. The quantitative estimate of drug-likeness (QED) is 0.669. The third kappa shape index (κ3) is 3.64. The minimum Gasteiger partial charge on any atom is -0.393 e. The van der Waals surface area contributed by atoms with Crippen LogP contribution in [0.1, 0.15) is 13.3 Å². The topological polar surface area (TPSA) is 66.6 Å². The molecular weight excluding hydrogens is 307 g/mol. The summed E-state index contributed by atoms with van der Waals surface area (Å²) in [6.45, 7) is 2.03. The lowest BCUT2D eigenvalue weighted by molar-refractivity contribution is -0.384. The zero-order valence-corrected chi connectivity index (χ0v) is 11.6. The first-order chi connectivity index (χ1) is 8.32. The Bertz CT molecular complexity index is 454. The lowest BCUT2D eigenvalue weighted by Crippen LogP contribution is -2.22. The van der Waals surface area contributed by atoms with Crippen molar-refractivity contribution in [3.05, 3.63) is 32.5 Å². The number of anilines is 1. The highest BCUT2D eigenvalue weighted by Gasteiger charge is 2.20. The van der Waals surface area contributed by atoms with Crippen LogP contribution in [0.15, 0.2) is 16.6 Å². The lowest BCUT2D eigenvalue weighted by Gasteiger charge is -2.20. The van der Waals surface area contributed by atoms with Gasteiger partial charge in [0.15, 0.2) is 0 Å². The van der Waals surface area contributed by atoms with Gasteiger partial charge in [-0.15, -0.1) is 0 Å². The number of nitro groups is 1. The maximum absolute atomic E-state index is 13.4. The minimum atomic E-state index is -0.557. The summed E-state index contributed by atoms with van der Waals surface area (Å²) in [5.74, 6) is -0.556. The van der Waals surface area contributed by atoms with Gasteiger partial charge in [-0.1, -0.05) is 0 Å². The van der Waals surface area contributed by atoms with Crippen LogP contribution < -0.4 is 4.90 Å². The van der Waals surface area contributed by atoms with Crippen molar-refractivity contribution in [2.45, 2.75) is 19.4 Å². The maximum Gasteiger partial charge on any atom is 0.293 e. The van der Waals surface area contributed by atoms with Crippen LogP contribution in [0.4, 0.5) is 15.8 Å². The largest absolute Gasteiger partial charge is 0.393 e. The molecule has 1 rings (SSSR count). The van der Waals surface area contributed by atoms with Crippen molar-refractivity contribution in [1.29, 1.82) is 0 Å². The molecular formula is C11H14BrFN2O3. The highest BCUT2D eigenvalue weighted by molar-refractivity contribution is 9.10. The zero-order chi connectivity index (χ0) is 13.9. The number of benzene rings is 1. The van der Waals surface area contributed by atoms with E-state index in [0.717, 1.165) is 12.1 Å². The second-order valence-electron chi connectivity index (χ2n) is 4.07. The second kappa shape index (κ2) is 6.10. The number of hydrogen-bond acceptors (Lipinski definition) is 4. The molecule has 0 amide bonds. The number of aliphatic hydroxyl groups excluding tert-OH is 1. The molecule has 0 aliphatic heterocycles. The molecule has 1 N–H and O–H groups in total. The van der Waals surface area contributed by atoms with Crippen LogP contribution in [0.5, 0.6) is 0 Å². The molecule has 0 aromatic heterocycles. The Balaban J connectivity index is 3.05. The van der Waals surface area contributed by atoms with Crippen molar-refractivity contribution in [3.63, 3.8) is 0 Å². The number of halogens is 2. The molecule has 0 saturated carbocycles. The molecule has 0 heterocycles. The Morgan fingerprint density at radius 3 is 2.72 bits per heavy atom. The molecule has 0 aliphatic rings. The van der Waals surface area contributed by atoms with Crippen molar-refractivity contribution in [2.24, 2.45) is 0 Å². The van der Waals surface area contributed by atoms with E-state index in [4.69, 9.17) is 0 Å². The Hall–Kier alpha value is -1.21. The summed E-state index contributed by atoms with van der Waals surface area (Å²) < 4.78 is 13.5. The van der Waals surface area contributed by atoms with Crippen LogP contribution in [0.2, 0.25) is 0 Å². The van der Waals surface area contributed by atoms with Crippen molar-refractivity contribution >= 4 is 27.3 Å². The summed E-state index contributed by atoms with van der Waals surface area (Å²) in [6, 6.07) is 2.26. The fourth-order valence-corrected chi connectivity index (χ4v) is 1.81. The molecule has 1 atom stereocenters. The third-order valence-electron chi connectivity index (χ3n) is 2.51. The Kier molecular flexibility index (Phi) is 5.03. The van der Waals surface area contributed by atoms with Crippen molar-refractivity contribution in [2.75, 3.05) is 18.5 Å². The monoisotopic (exact) mass is 320 g/mol. The van der Waals surface area contributed by atoms with E-state index in [9.17, 15) is 19.6 Å². The summed E-state index contributed by atoms with van der Waals surface area (Å²) in [4.78, 5) is 11.9. The predicted octanol–water partition coefficient (Wildman–Crippen LogP) is 2.70. The molecule has 100 valence electrons. The van der Waals surface area contributed by atoms with Gasteiger partial charge >= 0.3 is 0 Å². The normalized spacial score (nSPS) is 12.3. The van der Waals surface area contributed by atoms with E-state index >= 15 is 0 Å². The van der Waals surface area contributed by atoms with E-state index in [1.54, 1.807) is 18.9 Å². The first-order valence-corrected chi connectivity index (χ1v) is 6.15. The fraction of sp³-hybridized carbons (Fsp3) is 0.455. The standard InChI is InChI=1S/C11H14BrFN2O3/c1-7(16)3-4-14(2)10-6-9(13)8(12)5-11(10)15(17)18/h5-7,16H,3-4H2,1-2H3. The summed E-state index contributed by atoms with van der Waals surface area (Å²) in [7, 11) is 1.62. The molecule has 1 aromatic rings. The summed E-state index contributed by atoms with van der Waals surface area (Å²) in [5.41, 5.74) is 0.0257. The summed E-state index contributed by atoms with van der Waals surface area (Å²) in [5, 5.41) is 20.1. The van der Waals surface area contributed by atoms with E-state index in [-0.39, 0.29) is 15.8 Å². The molecule has 0 spiro atoms. The SMILES string of the molecule is CC(O)CCN(C)c1cc(F)c(Br)cc1[N+](=O)[O-]. The third-order valence-corrected chi connectivity index (χ3v) is 3.12. The van der Waals surface area contributed by atoms with Crippen molar-refractivity contribution < 1.29 is 14.4 Å². The molecule has 0 fully saturated rings. The smallest absolute Gasteiger partial charge is 0.293 e. The van der Waals surface area contributed by atoms with Crippen LogP contribution >= 0.6 is 15.9 Å². The van der Waals surface area contributed by atoms with Crippen LogP contribution in [-0.2, 0) is 0 Å². The zero-order valence-electron chi connectivity index (χ0n) is 10.1. The molecule has 1 aromatic carbocycles. The Labute approximate surface area is 112 Å². The number of hydrogen-bond donors (Lipinski definition) is 1. The van der Waals surface area contributed by atoms with Gasteiger partial charge in [0.2, 0.25) is 0 Å². The first kappa shape index (κ1) is 14.8. The van der Waals surface area contributed by atoms with E-state index in [0.29, 0.717) is 13.0 Å². The van der Waals surface area contributed by atoms with E-state index in [1.807, 2.05) is 0 Å². The summed E-state index contributed by atoms with van der Waals surface area (Å²) in [6.07, 6.45) is -0.0579. The first-order valence-electron chi connectivity index (χ1n) is 5.35. The van der Waals surface area contributed by atoms with Crippen LogP contribution in [0.3, 0.4) is 0 Å². The van der Waals surface area contributed by atoms with Crippen LogP contribution in [0.25, 0.3) is 0 Å². The molecule has 7 heteroatoms. The van der Waals surface area contributed by atoms with Gasteiger partial charge in [-0.3, -0.25) is 10.1 Å². The molecule has 0 radical (unpaired) electrons. The van der Waals surface area contributed by atoms with Gasteiger partial charge < -0.3 is 10.0 Å². The van der Waals surface area contributed by atoms with Gasteiger partial charge in [0.05, 0.1) is 15.5 Å². The van der Waals surface area contributed by atoms with Gasteiger partial charge in [-0.05, 0) is 29.3 Å². The number of rotatable bonds is 5. The second-order valence-corrected chi connectivity index (χ2v) is 4.93. The number of nitrogens with zero attached hydrogens (tertiary/aromatic N) is 2. The van der Waals surface area contributed by atoms with Gasteiger partial charge in [-0.25, -0.2) is 4.39 Å². The number of aliphatic hydroxyl groups is 1. The van der Waals surface area contributed by atoms with Gasteiger partial charge in [-0.2, -0.15) is 0 Å². The lowest BCUT2D eigenvalue weighted by atomic mass is 10.2. The molecule has 0 bridgehead atoms. The minimum absolute atomic E-state index is 0.0573. The fourth-order valence-electron chi connectivity index (χ4n) is 1.48. The molecule has 0 aliphatic carbocycles. The highest BCUT2D eigenvalue weighted by atomic mass is 79.9. The van der Waals surface area contributed by atoms with E-state index < -0.39 is 16.8 Å². The average molecular weight is 321 g/mol. The van der Waals surface area contributed by atoms with Gasteiger partial charge in [0.1, 0.15) is 11.5 Å². The molecule has 5 nitrogen and oxygen atoms in total. The Morgan fingerprint density at radius 1 is 1.61 bits per heavy atom. The number of nitro benzene ring substituents is 1. The molecule has 1 unspecified atom stereocenters. The average Bonchev–Trinajstić information content (AvgIpc) is 2.28. The molecule has 18 heavy (non-hydrogen) atoms. The van der Waals surface area contributed by atoms with E-state index in [1.165, 1.54) is 0 Å². The van der Waals surface area contributed by atoms with Crippen LogP contribution in [-0.4, -0.2) is 29.7 Å². The van der Waals surface area contributed by atoms with Crippen LogP contribution in [0, 0.1) is 15.9 Å². The summed E-state index contributed by atoms with van der Waals surface area (Å²) >= 11 is 2.92.